The van der Waals surface area contributed by atoms with Crippen LogP contribution in [0.15, 0.2) is 18.3 Å². The highest BCUT2D eigenvalue weighted by molar-refractivity contribution is 5.62. The van der Waals surface area contributed by atoms with Crippen LogP contribution in [0, 0.1) is 32.4 Å². The molecular formula is C13H12F2N2. The molecule has 2 aromatic heterocycles. The first-order valence-electron chi connectivity index (χ1n) is 5.25. The van der Waals surface area contributed by atoms with Crippen molar-refractivity contribution in [3.8, 4) is 11.3 Å². The molecule has 0 aliphatic rings. The maximum atomic E-state index is 13.7. The smallest absolute Gasteiger partial charge is 0.149 e. The van der Waals surface area contributed by atoms with Gasteiger partial charge in [0.15, 0.2) is 0 Å². The molecule has 0 saturated carbocycles. The number of halogens is 2. The van der Waals surface area contributed by atoms with Crippen molar-refractivity contribution >= 4 is 0 Å². The molecule has 4 heteroatoms. The summed E-state index contributed by atoms with van der Waals surface area (Å²) in [5.41, 5.74) is 2.13. The fraction of sp³-hybridized carbons (Fsp3) is 0.231. The van der Waals surface area contributed by atoms with Gasteiger partial charge in [-0.15, -0.1) is 0 Å². The highest BCUT2D eigenvalue weighted by Crippen LogP contribution is 2.25. The van der Waals surface area contributed by atoms with Crippen LogP contribution in [0.2, 0.25) is 0 Å². The Morgan fingerprint density at radius 3 is 2.29 bits per heavy atom. The van der Waals surface area contributed by atoms with Crippen LogP contribution >= 0.6 is 0 Å². The Labute approximate surface area is 98.4 Å². The van der Waals surface area contributed by atoms with Crippen LogP contribution < -0.4 is 0 Å². The molecule has 0 aromatic carbocycles. The molecule has 0 bridgehead atoms. The van der Waals surface area contributed by atoms with Crippen molar-refractivity contribution in [1.29, 1.82) is 0 Å². The second kappa shape index (κ2) is 4.20. The average molecular weight is 234 g/mol. The fourth-order valence-corrected chi connectivity index (χ4v) is 1.67. The maximum absolute atomic E-state index is 13.7. The molecule has 0 radical (unpaired) electrons. The third-order valence-corrected chi connectivity index (χ3v) is 2.57. The Kier molecular flexibility index (Phi) is 2.88. The number of nitrogens with zero attached hydrogens (tertiary/aromatic N) is 2. The standard InChI is InChI=1S/C13H12F2N2/c1-7-4-12(15)13(16-6-7)10-5-11(14)9(3)17-8(10)2/h4-6H,1-3H3. The van der Waals surface area contributed by atoms with Gasteiger partial charge in [0.25, 0.3) is 0 Å². The molecule has 0 unspecified atom stereocenters. The van der Waals surface area contributed by atoms with E-state index in [1.165, 1.54) is 12.1 Å². The van der Waals surface area contributed by atoms with Crippen LogP contribution in [0.5, 0.6) is 0 Å². The molecule has 0 atom stereocenters. The van der Waals surface area contributed by atoms with Crippen LogP contribution in [0.3, 0.4) is 0 Å². The van der Waals surface area contributed by atoms with Crippen LogP contribution in [0.1, 0.15) is 17.0 Å². The number of hydrogen-bond acceptors (Lipinski definition) is 2. The highest BCUT2D eigenvalue weighted by atomic mass is 19.1. The van der Waals surface area contributed by atoms with Crippen molar-refractivity contribution in [3.05, 3.63) is 46.9 Å². The van der Waals surface area contributed by atoms with Crippen molar-refractivity contribution in [3.63, 3.8) is 0 Å². The molecule has 2 nitrogen and oxygen atoms in total. The van der Waals surface area contributed by atoms with Gasteiger partial charge in [-0.05, 0) is 38.5 Å². The van der Waals surface area contributed by atoms with Crippen LogP contribution in [0.25, 0.3) is 11.3 Å². The molecule has 0 saturated heterocycles. The van der Waals surface area contributed by atoms with E-state index in [4.69, 9.17) is 0 Å². The van der Waals surface area contributed by atoms with Gasteiger partial charge < -0.3 is 0 Å². The molecule has 2 heterocycles. The number of aryl methyl sites for hydroxylation is 3. The van der Waals surface area contributed by atoms with E-state index >= 15 is 0 Å². The summed E-state index contributed by atoms with van der Waals surface area (Å²) in [6, 6.07) is 2.65. The molecule has 17 heavy (non-hydrogen) atoms. The van der Waals surface area contributed by atoms with Gasteiger partial charge >= 0.3 is 0 Å². The van der Waals surface area contributed by atoms with E-state index in [-0.39, 0.29) is 5.69 Å². The lowest BCUT2D eigenvalue weighted by Crippen LogP contribution is -1.98. The third kappa shape index (κ3) is 2.16. The largest absolute Gasteiger partial charge is 0.255 e. The summed E-state index contributed by atoms with van der Waals surface area (Å²) in [6.45, 7) is 5.04. The van der Waals surface area contributed by atoms with Gasteiger partial charge in [0.05, 0.1) is 5.69 Å². The Morgan fingerprint density at radius 2 is 1.65 bits per heavy atom. The Morgan fingerprint density at radius 1 is 0.941 bits per heavy atom. The number of hydrogen-bond donors (Lipinski definition) is 0. The van der Waals surface area contributed by atoms with Crippen molar-refractivity contribution < 1.29 is 8.78 Å². The van der Waals surface area contributed by atoms with Gasteiger partial charge in [-0.2, -0.15) is 0 Å². The van der Waals surface area contributed by atoms with E-state index in [0.717, 1.165) is 5.56 Å². The molecule has 0 fully saturated rings. The molecule has 0 aliphatic heterocycles. The van der Waals surface area contributed by atoms with Crippen LogP contribution in [-0.2, 0) is 0 Å². The van der Waals surface area contributed by atoms with Gasteiger partial charge in [-0.1, -0.05) is 0 Å². The lowest BCUT2D eigenvalue weighted by atomic mass is 10.1. The summed E-state index contributed by atoms with van der Waals surface area (Å²) < 4.78 is 27.2. The van der Waals surface area contributed by atoms with Gasteiger partial charge in [0.2, 0.25) is 0 Å². The fourth-order valence-electron chi connectivity index (χ4n) is 1.67. The number of rotatable bonds is 1. The monoisotopic (exact) mass is 234 g/mol. The lowest BCUT2D eigenvalue weighted by molar-refractivity contribution is 0.606. The Bertz CT molecular complexity index is 580. The van der Waals surface area contributed by atoms with Crippen molar-refractivity contribution in [2.24, 2.45) is 0 Å². The predicted octanol–water partition coefficient (Wildman–Crippen LogP) is 3.35. The maximum Gasteiger partial charge on any atom is 0.149 e. The molecule has 0 N–H and O–H groups in total. The summed E-state index contributed by atoms with van der Waals surface area (Å²) in [5, 5.41) is 0. The first kappa shape index (κ1) is 11.6. The number of pyridine rings is 2. The van der Waals surface area contributed by atoms with E-state index in [9.17, 15) is 8.78 Å². The SMILES string of the molecule is Cc1cnc(-c2cc(F)c(C)nc2C)c(F)c1. The normalized spacial score (nSPS) is 10.6. The minimum Gasteiger partial charge on any atom is -0.255 e. The Hall–Kier alpha value is -1.84. The summed E-state index contributed by atoms with van der Waals surface area (Å²) >= 11 is 0. The molecule has 0 amide bonds. The number of aromatic nitrogens is 2. The first-order valence-corrected chi connectivity index (χ1v) is 5.25. The van der Waals surface area contributed by atoms with Crippen LogP contribution in [-0.4, -0.2) is 9.97 Å². The van der Waals surface area contributed by atoms with E-state index in [1.54, 1.807) is 27.0 Å². The van der Waals surface area contributed by atoms with E-state index in [2.05, 4.69) is 9.97 Å². The van der Waals surface area contributed by atoms with E-state index < -0.39 is 11.6 Å². The van der Waals surface area contributed by atoms with Gasteiger partial charge in [-0.3, -0.25) is 9.97 Å². The van der Waals surface area contributed by atoms with Crippen LogP contribution in [0.4, 0.5) is 8.78 Å². The third-order valence-electron chi connectivity index (χ3n) is 2.57. The van der Waals surface area contributed by atoms with E-state index in [0.29, 0.717) is 17.0 Å². The summed E-state index contributed by atoms with van der Waals surface area (Å²) in [7, 11) is 0. The Balaban J connectivity index is 2.64. The zero-order valence-corrected chi connectivity index (χ0v) is 9.88. The van der Waals surface area contributed by atoms with E-state index in [1.807, 2.05) is 0 Å². The zero-order chi connectivity index (χ0) is 12.6. The second-order valence-electron chi connectivity index (χ2n) is 4.03. The van der Waals surface area contributed by atoms with Crippen molar-refractivity contribution in [2.45, 2.75) is 20.8 Å². The minimum absolute atomic E-state index is 0.138. The molecular weight excluding hydrogens is 222 g/mol. The lowest BCUT2D eigenvalue weighted by Gasteiger charge is -2.08. The summed E-state index contributed by atoms with van der Waals surface area (Å²) in [5.74, 6) is -0.912. The molecule has 0 spiro atoms. The van der Waals surface area contributed by atoms with Gasteiger partial charge in [0, 0.05) is 17.5 Å². The second-order valence-corrected chi connectivity index (χ2v) is 4.03. The zero-order valence-electron chi connectivity index (χ0n) is 9.88. The predicted molar refractivity (Wildman–Crippen MR) is 61.6 cm³/mol. The van der Waals surface area contributed by atoms with Gasteiger partial charge in [0.1, 0.15) is 17.3 Å². The molecule has 2 aromatic rings. The highest BCUT2D eigenvalue weighted by Gasteiger charge is 2.13. The first-order chi connectivity index (χ1) is 7.99. The van der Waals surface area contributed by atoms with Crippen molar-refractivity contribution in [1.82, 2.24) is 9.97 Å². The minimum atomic E-state index is -0.460. The topological polar surface area (TPSA) is 25.8 Å². The quantitative estimate of drug-likeness (QED) is 0.756. The summed E-state index contributed by atoms with van der Waals surface area (Å²) in [6.07, 6.45) is 1.55. The molecule has 2 rings (SSSR count). The van der Waals surface area contributed by atoms with Gasteiger partial charge in [-0.25, -0.2) is 8.78 Å². The van der Waals surface area contributed by atoms with Crippen molar-refractivity contribution in [2.75, 3.05) is 0 Å². The molecule has 88 valence electrons. The summed E-state index contributed by atoms with van der Waals surface area (Å²) in [4.78, 5) is 8.03. The average Bonchev–Trinajstić information content (AvgIpc) is 2.24. The molecule has 0 aliphatic carbocycles.